The predicted molar refractivity (Wildman–Crippen MR) is 84.5 cm³/mol. The van der Waals surface area contributed by atoms with E-state index < -0.39 is 0 Å². The molecule has 0 aliphatic heterocycles. The van der Waals surface area contributed by atoms with Crippen LogP contribution >= 0.6 is 0 Å². The lowest BCUT2D eigenvalue weighted by Crippen LogP contribution is -2.27. The first-order valence-electron chi connectivity index (χ1n) is 7.46. The molecule has 0 aliphatic carbocycles. The van der Waals surface area contributed by atoms with E-state index in [1.54, 1.807) is 0 Å². The molecule has 0 aliphatic rings. The third kappa shape index (κ3) is 5.75. The van der Waals surface area contributed by atoms with Crippen molar-refractivity contribution < 1.29 is 0 Å². The highest BCUT2D eigenvalue weighted by atomic mass is 15.1. The zero-order valence-corrected chi connectivity index (χ0v) is 13.2. The Morgan fingerprint density at radius 1 is 1.11 bits per heavy atom. The molecule has 1 N–H and O–H groups in total. The van der Waals surface area contributed by atoms with Crippen LogP contribution in [0.15, 0.2) is 24.3 Å². The van der Waals surface area contributed by atoms with Crippen molar-refractivity contribution in [2.45, 2.75) is 39.7 Å². The third-order valence-corrected chi connectivity index (χ3v) is 3.80. The van der Waals surface area contributed by atoms with Crippen LogP contribution in [0, 0.1) is 12.8 Å². The van der Waals surface area contributed by atoms with Gasteiger partial charge in [-0.1, -0.05) is 38.1 Å². The van der Waals surface area contributed by atoms with Gasteiger partial charge in [-0.25, -0.2) is 0 Å². The molecule has 0 spiro atoms. The molecule has 19 heavy (non-hydrogen) atoms. The molecule has 1 aromatic carbocycles. The molecule has 1 rings (SSSR count). The number of aryl methyl sites for hydroxylation is 1. The fraction of sp³-hybridized carbons (Fsp3) is 0.647. The maximum absolute atomic E-state index is 3.45. The highest BCUT2D eigenvalue weighted by molar-refractivity contribution is 5.28. The Labute approximate surface area is 119 Å². The first-order chi connectivity index (χ1) is 9.04. The van der Waals surface area contributed by atoms with Gasteiger partial charge in [-0.05, 0) is 64.0 Å². The molecule has 0 bridgehead atoms. The number of nitrogens with one attached hydrogen (secondary N) is 1. The van der Waals surface area contributed by atoms with E-state index in [1.807, 2.05) is 0 Å². The maximum Gasteiger partial charge on any atom is 0.0332 e. The molecule has 2 nitrogen and oxygen atoms in total. The van der Waals surface area contributed by atoms with Crippen molar-refractivity contribution in [3.8, 4) is 0 Å². The van der Waals surface area contributed by atoms with Gasteiger partial charge in [0, 0.05) is 6.04 Å². The lowest BCUT2D eigenvalue weighted by atomic mass is 9.99. The fourth-order valence-electron chi connectivity index (χ4n) is 2.37. The van der Waals surface area contributed by atoms with Crippen molar-refractivity contribution >= 4 is 0 Å². The van der Waals surface area contributed by atoms with Crippen LogP contribution < -0.4 is 5.32 Å². The summed E-state index contributed by atoms with van der Waals surface area (Å²) < 4.78 is 0. The van der Waals surface area contributed by atoms with Gasteiger partial charge in [0.1, 0.15) is 0 Å². The van der Waals surface area contributed by atoms with E-state index >= 15 is 0 Å². The lowest BCUT2D eigenvalue weighted by molar-refractivity contribution is 0.292. The molecule has 1 aromatic rings. The lowest BCUT2D eigenvalue weighted by Gasteiger charge is -2.23. The van der Waals surface area contributed by atoms with Gasteiger partial charge in [-0.2, -0.15) is 0 Å². The Morgan fingerprint density at radius 2 is 1.74 bits per heavy atom. The van der Waals surface area contributed by atoms with Crippen LogP contribution in [0.2, 0.25) is 0 Å². The Kier molecular flexibility index (Phi) is 7.11. The second kappa shape index (κ2) is 8.34. The molecule has 1 unspecified atom stereocenters. The second-order valence-corrected chi connectivity index (χ2v) is 5.97. The van der Waals surface area contributed by atoms with Gasteiger partial charge < -0.3 is 10.2 Å². The molecule has 0 heterocycles. The summed E-state index contributed by atoms with van der Waals surface area (Å²) in [5.41, 5.74) is 2.81. The number of nitrogens with zero attached hydrogens (tertiary/aromatic N) is 1. The molecule has 0 amide bonds. The summed E-state index contributed by atoms with van der Waals surface area (Å²) in [7, 11) is 4.29. The molecule has 0 aromatic heterocycles. The van der Waals surface area contributed by atoms with Crippen LogP contribution in [0.4, 0.5) is 0 Å². The zero-order chi connectivity index (χ0) is 14.3. The van der Waals surface area contributed by atoms with E-state index in [0.717, 1.165) is 18.9 Å². The Morgan fingerprint density at radius 3 is 2.32 bits per heavy atom. The summed E-state index contributed by atoms with van der Waals surface area (Å²) in [6.07, 6.45) is 2.45. The van der Waals surface area contributed by atoms with Gasteiger partial charge in [0.15, 0.2) is 0 Å². The summed E-state index contributed by atoms with van der Waals surface area (Å²) >= 11 is 0. The minimum Gasteiger partial charge on any atom is -0.313 e. The van der Waals surface area contributed by atoms with E-state index in [2.05, 4.69) is 69.3 Å². The minimum atomic E-state index is 0.461. The average molecular weight is 262 g/mol. The largest absolute Gasteiger partial charge is 0.313 e. The van der Waals surface area contributed by atoms with Gasteiger partial charge >= 0.3 is 0 Å². The van der Waals surface area contributed by atoms with Crippen LogP contribution in [0.5, 0.6) is 0 Å². The topological polar surface area (TPSA) is 15.3 Å². The van der Waals surface area contributed by atoms with E-state index in [0.29, 0.717) is 6.04 Å². The SMILES string of the molecule is CNC(CCN(C)CCC(C)C)c1ccccc1C. The minimum absolute atomic E-state index is 0.461. The summed E-state index contributed by atoms with van der Waals surface area (Å²) in [5.74, 6) is 0.791. The average Bonchev–Trinajstić information content (AvgIpc) is 2.39. The highest BCUT2D eigenvalue weighted by Crippen LogP contribution is 2.20. The first-order valence-corrected chi connectivity index (χ1v) is 7.46. The second-order valence-electron chi connectivity index (χ2n) is 5.97. The predicted octanol–water partition coefficient (Wildman–Crippen LogP) is 3.62. The number of hydrogen-bond acceptors (Lipinski definition) is 2. The Hall–Kier alpha value is -0.860. The van der Waals surface area contributed by atoms with E-state index in [4.69, 9.17) is 0 Å². The van der Waals surface area contributed by atoms with Gasteiger partial charge in [0.05, 0.1) is 0 Å². The molecule has 0 saturated heterocycles. The smallest absolute Gasteiger partial charge is 0.0332 e. The van der Waals surface area contributed by atoms with Crippen LogP contribution in [-0.2, 0) is 0 Å². The van der Waals surface area contributed by atoms with Gasteiger partial charge in [-0.3, -0.25) is 0 Å². The normalized spacial score (nSPS) is 13.2. The van der Waals surface area contributed by atoms with Crippen molar-refractivity contribution in [3.05, 3.63) is 35.4 Å². The summed E-state index contributed by atoms with van der Waals surface area (Å²) in [4.78, 5) is 2.45. The van der Waals surface area contributed by atoms with E-state index in [-0.39, 0.29) is 0 Å². The number of benzene rings is 1. The molecule has 1 atom stereocenters. The summed E-state index contributed by atoms with van der Waals surface area (Å²) in [5, 5.41) is 3.45. The van der Waals surface area contributed by atoms with Crippen LogP contribution in [0.1, 0.15) is 43.9 Å². The molecule has 2 heteroatoms. The van der Waals surface area contributed by atoms with Crippen LogP contribution in [0.25, 0.3) is 0 Å². The monoisotopic (exact) mass is 262 g/mol. The molecule has 0 saturated carbocycles. The Bertz CT molecular complexity index is 360. The molecule has 108 valence electrons. The van der Waals surface area contributed by atoms with Crippen LogP contribution in [-0.4, -0.2) is 32.1 Å². The highest BCUT2D eigenvalue weighted by Gasteiger charge is 2.12. The Balaban J connectivity index is 2.47. The van der Waals surface area contributed by atoms with E-state index in [9.17, 15) is 0 Å². The summed E-state index contributed by atoms with van der Waals surface area (Å²) in [6, 6.07) is 9.14. The van der Waals surface area contributed by atoms with Crippen molar-refractivity contribution in [1.82, 2.24) is 10.2 Å². The van der Waals surface area contributed by atoms with E-state index in [1.165, 1.54) is 24.1 Å². The van der Waals surface area contributed by atoms with Gasteiger partial charge in [0.25, 0.3) is 0 Å². The number of rotatable bonds is 8. The van der Waals surface area contributed by atoms with Crippen molar-refractivity contribution in [2.75, 3.05) is 27.2 Å². The van der Waals surface area contributed by atoms with Crippen molar-refractivity contribution in [3.63, 3.8) is 0 Å². The molecule has 0 fully saturated rings. The number of hydrogen-bond donors (Lipinski definition) is 1. The van der Waals surface area contributed by atoms with Crippen LogP contribution in [0.3, 0.4) is 0 Å². The quantitative estimate of drug-likeness (QED) is 0.769. The third-order valence-electron chi connectivity index (χ3n) is 3.80. The zero-order valence-electron chi connectivity index (χ0n) is 13.2. The standard InChI is InChI=1S/C17H30N2/c1-14(2)10-12-19(5)13-11-17(18-4)16-9-7-6-8-15(16)3/h6-9,14,17-18H,10-13H2,1-5H3. The maximum atomic E-state index is 3.45. The van der Waals surface area contributed by atoms with Gasteiger partial charge in [-0.15, -0.1) is 0 Å². The molecule has 0 radical (unpaired) electrons. The van der Waals surface area contributed by atoms with Crippen molar-refractivity contribution in [1.29, 1.82) is 0 Å². The molecular formula is C17H30N2. The fourth-order valence-corrected chi connectivity index (χ4v) is 2.37. The first kappa shape index (κ1) is 16.2. The summed E-state index contributed by atoms with van der Waals surface area (Å²) in [6.45, 7) is 9.12. The van der Waals surface area contributed by atoms with Gasteiger partial charge in [0.2, 0.25) is 0 Å². The molecular weight excluding hydrogens is 232 g/mol. The van der Waals surface area contributed by atoms with Crippen molar-refractivity contribution in [2.24, 2.45) is 5.92 Å².